The van der Waals surface area contributed by atoms with E-state index in [1.165, 1.54) is 5.06 Å². The summed E-state index contributed by atoms with van der Waals surface area (Å²) < 4.78 is 9.92. The van der Waals surface area contributed by atoms with Gasteiger partial charge in [-0.25, -0.2) is 19.7 Å². The van der Waals surface area contributed by atoms with Gasteiger partial charge in [0.25, 0.3) is 5.72 Å². The molecule has 2 rings (SSSR count). The van der Waals surface area contributed by atoms with Gasteiger partial charge < -0.3 is 9.47 Å². The van der Waals surface area contributed by atoms with Crippen LogP contribution in [0.2, 0.25) is 0 Å². The van der Waals surface area contributed by atoms with E-state index in [0.717, 1.165) is 0 Å². The van der Waals surface area contributed by atoms with E-state index in [2.05, 4.69) is 9.98 Å². The Labute approximate surface area is 134 Å². The maximum absolute atomic E-state index is 12.3. The molecule has 1 aliphatic rings. The maximum Gasteiger partial charge on any atom is 0.364 e. The van der Waals surface area contributed by atoms with E-state index in [4.69, 9.17) is 14.3 Å². The Morgan fingerprint density at radius 3 is 2.61 bits per heavy atom. The summed E-state index contributed by atoms with van der Waals surface area (Å²) in [6, 6.07) is 5.27. The van der Waals surface area contributed by atoms with Crippen LogP contribution in [0.1, 0.15) is 26.0 Å². The fourth-order valence-corrected chi connectivity index (χ4v) is 2.12. The number of carbonyl (C=O) groups excluding carboxylic acids is 2. The molecule has 0 amide bonds. The van der Waals surface area contributed by atoms with Gasteiger partial charge in [-0.3, -0.25) is 9.78 Å². The predicted molar refractivity (Wildman–Crippen MR) is 80.2 cm³/mol. The number of hydrogen-bond acceptors (Lipinski definition) is 8. The van der Waals surface area contributed by atoms with E-state index in [-0.39, 0.29) is 19.6 Å². The van der Waals surface area contributed by atoms with E-state index < -0.39 is 17.7 Å². The first-order valence-electron chi connectivity index (χ1n) is 7.29. The van der Waals surface area contributed by atoms with Crippen molar-refractivity contribution >= 4 is 17.8 Å². The zero-order chi connectivity index (χ0) is 16.9. The Hall–Kier alpha value is -2.48. The molecule has 0 aliphatic carbocycles. The number of aliphatic imine (C=N–C) groups is 1. The lowest BCUT2D eigenvalue weighted by Crippen LogP contribution is -2.43. The van der Waals surface area contributed by atoms with Crippen LogP contribution in [0.5, 0.6) is 0 Å². The van der Waals surface area contributed by atoms with Crippen LogP contribution >= 0.6 is 0 Å². The minimum absolute atomic E-state index is 0.144. The molecule has 1 atom stereocenters. The lowest BCUT2D eigenvalue weighted by atomic mass is 10.1. The van der Waals surface area contributed by atoms with Gasteiger partial charge in [-0.2, -0.15) is 0 Å². The Balaban J connectivity index is 2.36. The van der Waals surface area contributed by atoms with Crippen molar-refractivity contribution in [2.45, 2.75) is 26.0 Å². The number of hydrogen-bond donors (Lipinski definition) is 0. The monoisotopic (exact) mass is 321 g/mol. The largest absolute Gasteiger partial charge is 0.466 e. The number of esters is 2. The van der Waals surface area contributed by atoms with E-state index in [1.54, 1.807) is 45.3 Å². The van der Waals surface area contributed by atoms with Crippen molar-refractivity contribution in [1.29, 1.82) is 0 Å². The van der Waals surface area contributed by atoms with Crippen molar-refractivity contribution in [3.8, 4) is 0 Å². The topological polar surface area (TPSA) is 90.3 Å². The van der Waals surface area contributed by atoms with Crippen LogP contribution in [0.25, 0.3) is 0 Å². The number of nitrogens with zero attached hydrogens (tertiary/aromatic N) is 3. The van der Waals surface area contributed by atoms with Gasteiger partial charge in [0.15, 0.2) is 5.84 Å². The second-order valence-electron chi connectivity index (χ2n) is 4.73. The smallest absolute Gasteiger partial charge is 0.364 e. The second-order valence-corrected chi connectivity index (χ2v) is 4.73. The lowest BCUT2D eigenvalue weighted by molar-refractivity contribution is -0.207. The molecule has 0 N–H and O–H groups in total. The molecular weight excluding hydrogens is 302 g/mol. The molecule has 124 valence electrons. The van der Waals surface area contributed by atoms with Gasteiger partial charge in [-0.15, -0.1) is 0 Å². The zero-order valence-corrected chi connectivity index (χ0v) is 13.3. The van der Waals surface area contributed by atoms with Crippen molar-refractivity contribution < 1.29 is 23.9 Å². The Bertz CT molecular complexity index is 604. The molecular formula is C15H19N3O5. The number of aromatic nitrogens is 1. The van der Waals surface area contributed by atoms with Crippen LogP contribution in [0.15, 0.2) is 29.4 Å². The summed E-state index contributed by atoms with van der Waals surface area (Å²) in [5, 5.41) is 1.30. The molecule has 1 aromatic rings. The third kappa shape index (κ3) is 3.65. The molecule has 0 spiro atoms. The number of rotatable bonds is 6. The SMILES string of the molecule is CCOC(=O)CC1(C(=O)OCC)N=C(c2ccccn2)N(C)O1. The number of ether oxygens (including phenoxy) is 2. The summed E-state index contributed by atoms with van der Waals surface area (Å²) in [7, 11) is 1.58. The summed E-state index contributed by atoms with van der Waals surface area (Å²) in [5.41, 5.74) is -1.27. The summed E-state index contributed by atoms with van der Waals surface area (Å²) in [6.07, 6.45) is 1.22. The summed E-state index contributed by atoms with van der Waals surface area (Å²) >= 11 is 0. The molecule has 0 bridgehead atoms. The van der Waals surface area contributed by atoms with Crippen molar-refractivity contribution in [2.24, 2.45) is 4.99 Å². The highest BCUT2D eigenvalue weighted by atomic mass is 16.7. The number of carbonyl (C=O) groups is 2. The van der Waals surface area contributed by atoms with Gasteiger partial charge in [-0.1, -0.05) is 6.07 Å². The molecule has 23 heavy (non-hydrogen) atoms. The van der Waals surface area contributed by atoms with Crippen LogP contribution in [-0.4, -0.2) is 53.8 Å². The highest BCUT2D eigenvalue weighted by Gasteiger charge is 2.51. The summed E-state index contributed by atoms with van der Waals surface area (Å²) in [5.74, 6) is -1.01. The molecule has 2 heterocycles. The van der Waals surface area contributed by atoms with Gasteiger partial charge in [0.2, 0.25) is 0 Å². The fourth-order valence-electron chi connectivity index (χ4n) is 2.12. The van der Waals surface area contributed by atoms with Gasteiger partial charge in [0, 0.05) is 13.2 Å². The molecule has 0 aromatic carbocycles. The number of amidine groups is 1. The third-order valence-corrected chi connectivity index (χ3v) is 3.05. The zero-order valence-electron chi connectivity index (χ0n) is 13.3. The van der Waals surface area contributed by atoms with Gasteiger partial charge in [0.1, 0.15) is 12.1 Å². The van der Waals surface area contributed by atoms with E-state index in [1.807, 2.05) is 0 Å². The Kier molecular flexibility index (Phi) is 5.28. The normalized spacial score (nSPS) is 20.1. The minimum Gasteiger partial charge on any atom is -0.466 e. The van der Waals surface area contributed by atoms with E-state index >= 15 is 0 Å². The van der Waals surface area contributed by atoms with Crippen molar-refractivity contribution in [2.75, 3.05) is 20.3 Å². The highest BCUT2D eigenvalue weighted by molar-refractivity contribution is 6.00. The Morgan fingerprint density at radius 1 is 1.26 bits per heavy atom. The first-order valence-corrected chi connectivity index (χ1v) is 7.29. The quantitative estimate of drug-likeness (QED) is 0.719. The Morgan fingerprint density at radius 2 is 2.00 bits per heavy atom. The molecule has 8 nitrogen and oxygen atoms in total. The minimum atomic E-state index is -1.79. The van der Waals surface area contributed by atoms with Crippen LogP contribution in [-0.2, 0) is 23.9 Å². The van der Waals surface area contributed by atoms with Crippen molar-refractivity contribution in [3.05, 3.63) is 30.1 Å². The summed E-state index contributed by atoms with van der Waals surface area (Å²) in [4.78, 5) is 38.2. The predicted octanol–water partition coefficient (Wildman–Crippen LogP) is 0.918. The standard InChI is InChI=1S/C15H19N3O5/c1-4-21-12(19)10-15(14(20)22-5-2)17-13(18(3)23-15)11-8-6-7-9-16-11/h6-9H,4-5,10H2,1-3H3. The van der Waals surface area contributed by atoms with Crippen LogP contribution in [0.3, 0.4) is 0 Å². The van der Waals surface area contributed by atoms with Crippen LogP contribution in [0, 0.1) is 0 Å². The average molecular weight is 321 g/mol. The van der Waals surface area contributed by atoms with Crippen LogP contribution < -0.4 is 0 Å². The van der Waals surface area contributed by atoms with Gasteiger partial charge in [-0.05, 0) is 26.0 Å². The molecule has 8 heteroatoms. The van der Waals surface area contributed by atoms with Crippen LogP contribution in [0.4, 0.5) is 0 Å². The third-order valence-electron chi connectivity index (χ3n) is 3.05. The van der Waals surface area contributed by atoms with Crippen molar-refractivity contribution in [3.63, 3.8) is 0 Å². The fraction of sp³-hybridized carbons (Fsp3) is 0.467. The first kappa shape index (κ1) is 16.9. The molecule has 1 unspecified atom stereocenters. The second kappa shape index (κ2) is 7.19. The molecule has 0 fully saturated rings. The molecule has 0 saturated heterocycles. The average Bonchev–Trinajstić information content (AvgIpc) is 2.86. The molecule has 0 radical (unpaired) electrons. The summed E-state index contributed by atoms with van der Waals surface area (Å²) in [6.45, 7) is 3.69. The van der Waals surface area contributed by atoms with E-state index in [0.29, 0.717) is 11.5 Å². The maximum atomic E-state index is 12.3. The first-order chi connectivity index (χ1) is 11.0. The van der Waals surface area contributed by atoms with Gasteiger partial charge in [0.05, 0.1) is 13.2 Å². The molecule has 0 saturated carbocycles. The number of pyridine rings is 1. The lowest BCUT2D eigenvalue weighted by Gasteiger charge is -2.23. The highest BCUT2D eigenvalue weighted by Crippen LogP contribution is 2.30. The molecule has 1 aliphatic heterocycles. The van der Waals surface area contributed by atoms with Gasteiger partial charge >= 0.3 is 11.9 Å². The van der Waals surface area contributed by atoms with Crippen molar-refractivity contribution in [1.82, 2.24) is 10.0 Å². The van der Waals surface area contributed by atoms with E-state index in [9.17, 15) is 9.59 Å². The molecule has 1 aromatic heterocycles. The number of hydroxylamine groups is 2.